The molecular weight excluding hydrogens is 346 g/mol. The summed E-state index contributed by atoms with van der Waals surface area (Å²) >= 11 is 0. The highest BCUT2D eigenvalue weighted by molar-refractivity contribution is 5.80. The molecule has 2 aliphatic heterocycles. The number of nitrogens with zero attached hydrogens (tertiary/aromatic N) is 4. The van der Waals surface area contributed by atoms with Gasteiger partial charge in [-0.3, -0.25) is 14.8 Å². The lowest BCUT2D eigenvalue weighted by molar-refractivity contribution is 0.240. The van der Waals surface area contributed by atoms with Crippen LogP contribution in [-0.4, -0.2) is 79.1 Å². The van der Waals surface area contributed by atoms with Gasteiger partial charge in [-0.25, -0.2) is 0 Å². The van der Waals surface area contributed by atoms with Gasteiger partial charge in [0.2, 0.25) is 0 Å². The monoisotopic (exact) mass is 385 g/mol. The third-order valence-corrected chi connectivity index (χ3v) is 6.29. The Balaban J connectivity index is 1.47. The lowest BCUT2D eigenvalue weighted by Gasteiger charge is -2.26. The van der Waals surface area contributed by atoms with Gasteiger partial charge in [-0.1, -0.05) is 30.3 Å². The molecule has 2 heterocycles. The van der Waals surface area contributed by atoms with Gasteiger partial charge in [-0.05, 0) is 65.2 Å². The van der Waals surface area contributed by atoms with Gasteiger partial charge in [0.1, 0.15) is 0 Å². The third kappa shape index (κ3) is 5.95. The molecule has 0 spiro atoms. The molecule has 2 aliphatic rings. The summed E-state index contributed by atoms with van der Waals surface area (Å²) in [6.45, 7) is 12.1. The van der Waals surface area contributed by atoms with Crippen molar-refractivity contribution in [1.82, 2.24) is 20.0 Å². The quantitative estimate of drug-likeness (QED) is 0.551. The van der Waals surface area contributed by atoms with Crippen molar-refractivity contribution in [1.29, 1.82) is 0 Å². The van der Waals surface area contributed by atoms with Gasteiger partial charge in [0, 0.05) is 44.8 Å². The minimum Gasteiger partial charge on any atom is -0.357 e. The van der Waals surface area contributed by atoms with Crippen LogP contribution in [0.25, 0.3) is 0 Å². The predicted octanol–water partition coefficient (Wildman–Crippen LogP) is 3.03. The molecule has 3 rings (SSSR count). The maximum atomic E-state index is 4.97. The Kier molecular flexibility index (Phi) is 8.16. The number of rotatable bonds is 8. The SMILES string of the molecule is CCNC(=NCCC(C)N(C)Cc1ccccc1)N1CCC(N2CCCC2)C1. The van der Waals surface area contributed by atoms with Crippen molar-refractivity contribution in [2.24, 2.45) is 4.99 Å². The van der Waals surface area contributed by atoms with Crippen LogP contribution in [0.3, 0.4) is 0 Å². The molecule has 2 fully saturated rings. The molecule has 1 N–H and O–H groups in total. The summed E-state index contributed by atoms with van der Waals surface area (Å²) in [4.78, 5) is 12.6. The molecule has 5 heteroatoms. The zero-order valence-electron chi connectivity index (χ0n) is 18.1. The molecule has 2 unspecified atom stereocenters. The van der Waals surface area contributed by atoms with E-state index < -0.39 is 0 Å². The van der Waals surface area contributed by atoms with Crippen LogP contribution in [0.2, 0.25) is 0 Å². The fraction of sp³-hybridized carbons (Fsp3) is 0.696. The Morgan fingerprint density at radius 1 is 1.21 bits per heavy atom. The molecule has 0 aromatic heterocycles. The van der Waals surface area contributed by atoms with Crippen LogP contribution >= 0.6 is 0 Å². The summed E-state index contributed by atoms with van der Waals surface area (Å²) in [5, 5.41) is 3.52. The van der Waals surface area contributed by atoms with Gasteiger partial charge in [0.25, 0.3) is 0 Å². The van der Waals surface area contributed by atoms with Crippen LogP contribution in [0.15, 0.2) is 35.3 Å². The van der Waals surface area contributed by atoms with Crippen molar-refractivity contribution in [3.05, 3.63) is 35.9 Å². The first-order valence-electron chi connectivity index (χ1n) is 11.2. The molecule has 1 aromatic carbocycles. The second-order valence-electron chi connectivity index (χ2n) is 8.41. The number of likely N-dealkylation sites (tertiary alicyclic amines) is 2. The van der Waals surface area contributed by atoms with E-state index in [0.29, 0.717) is 6.04 Å². The molecule has 0 aliphatic carbocycles. The molecule has 5 nitrogen and oxygen atoms in total. The van der Waals surface area contributed by atoms with Crippen molar-refractivity contribution in [2.75, 3.05) is 46.3 Å². The molecule has 0 bridgehead atoms. The zero-order chi connectivity index (χ0) is 19.8. The Morgan fingerprint density at radius 2 is 1.96 bits per heavy atom. The Hall–Kier alpha value is -1.59. The predicted molar refractivity (Wildman–Crippen MR) is 119 cm³/mol. The van der Waals surface area contributed by atoms with Crippen molar-refractivity contribution in [3.8, 4) is 0 Å². The van der Waals surface area contributed by atoms with E-state index in [-0.39, 0.29) is 0 Å². The van der Waals surface area contributed by atoms with Crippen LogP contribution < -0.4 is 5.32 Å². The maximum Gasteiger partial charge on any atom is 0.193 e. The third-order valence-electron chi connectivity index (χ3n) is 6.29. The van der Waals surface area contributed by atoms with Crippen LogP contribution in [0.5, 0.6) is 0 Å². The normalized spacial score (nSPS) is 22.2. The van der Waals surface area contributed by atoms with E-state index in [1.54, 1.807) is 0 Å². The number of aliphatic imine (C=N–C) groups is 1. The summed E-state index contributed by atoms with van der Waals surface area (Å²) in [5.41, 5.74) is 1.37. The topological polar surface area (TPSA) is 34.1 Å². The number of nitrogens with one attached hydrogen (secondary N) is 1. The summed E-state index contributed by atoms with van der Waals surface area (Å²) < 4.78 is 0. The molecule has 156 valence electrons. The van der Waals surface area contributed by atoms with Crippen molar-refractivity contribution < 1.29 is 0 Å². The maximum absolute atomic E-state index is 4.97. The molecule has 0 saturated carbocycles. The smallest absolute Gasteiger partial charge is 0.193 e. The molecule has 1 aromatic rings. The van der Waals surface area contributed by atoms with E-state index in [2.05, 4.69) is 71.2 Å². The number of hydrogen-bond acceptors (Lipinski definition) is 3. The molecule has 2 saturated heterocycles. The van der Waals surface area contributed by atoms with Gasteiger partial charge in [-0.2, -0.15) is 0 Å². The van der Waals surface area contributed by atoms with E-state index in [1.807, 2.05) is 0 Å². The van der Waals surface area contributed by atoms with Gasteiger partial charge in [0.15, 0.2) is 5.96 Å². The van der Waals surface area contributed by atoms with Crippen LogP contribution in [0, 0.1) is 0 Å². The fourth-order valence-corrected chi connectivity index (χ4v) is 4.37. The summed E-state index contributed by atoms with van der Waals surface area (Å²) in [6, 6.07) is 12.0. The van der Waals surface area contributed by atoms with Gasteiger partial charge < -0.3 is 10.2 Å². The highest BCUT2D eigenvalue weighted by Crippen LogP contribution is 2.20. The Bertz CT molecular complexity index is 596. The minimum absolute atomic E-state index is 0.516. The van der Waals surface area contributed by atoms with Crippen LogP contribution in [-0.2, 0) is 6.54 Å². The van der Waals surface area contributed by atoms with E-state index in [0.717, 1.165) is 51.1 Å². The molecule has 2 atom stereocenters. The largest absolute Gasteiger partial charge is 0.357 e. The average molecular weight is 386 g/mol. The molecule has 0 amide bonds. The fourth-order valence-electron chi connectivity index (χ4n) is 4.37. The first-order valence-corrected chi connectivity index (χ1v) is 11.2. The molecule has 28 heavy (non-hydrogen) atoms. The number of hydrogen-bond donors (Lipinski definition) is 1. The number of guanidine groups is 1. The first kappa shape index (κ1) is 21.1. The van der Waals surface area contributed by atoms with E-state index in [9.17, 15) is 0 Å². The number of benzene rings is 1. The average Bonchev–Trinajstić information content (AvgIpc) is 3.39. The second-order valence-corrected chi connectivity index (χ2v) is 8.41. The summed E-state index contributed by atoms with van der Waals surface area (Å²) in [5.74, 6) is 1.11. The first-order chi connectivity index (χ1) is 13.7. The van der Waals surface area contributed by atoms with Crippen molar-refractivity contribution >= 4 is 5.96 Å². The van der Waals surface area contributed by atoms with Crippen molar-refractivity contribution in [3.63, 3.8) is 0 Å². The standard InChI is InChI=1S/C23H39N5/c1-4-24-23(28-17-13-22(19-28)27-15-8-9-16-27)25-14-12-20(2)26(3)18-21-10-6-5-7-11-21/h5-7,10-11,20,22H,4,8-9,12-19H2,1-3H3,(H,24,25). The Morgan fingerprint density at radius 3 is 2.68 bits per heavy atom. The lowest BCUT2D eigenvalue weighted by Crippen LogP contribution is -2.43. The van der Waals surface area contributed by atoms with Gasteiger partial charge >= 0.3 is 0 Å². The zero-order valence-corrected chi connectivity index (χ0v) is 18.1. The molecular formula is C23H39N5. The summed E-state index contributed by atoms with van der Waals surface area (Å²) in [7, 11) is 2.22. The van der Waals surface area contributed by atoms with Crippen LogP contribution in [0.1, 0.15) is 45.1 Å². The van der Waals surface area contributed by atoms with Crippen molar-refractivity contribution in [2.45, 2.75) is 58.2 Å². The van der Waals surface area contributed by atoms with Gasteiger partial charge in [-0.15, -0.1) is 0 Å². The van der Waals surface area contributed by atoms with E-state index in [4.69, 9.17) is 4.99 Å². The minimum atomic E-state index is 0.516. The van der Waals surface area contributed by atoms with E-state index >= 15 is 0 Å². The lowest BCUT2D eigenvalue weighted by atomic mass is 10.1. The highest BCUT2D eigenvalue weighted by Gasteiger charge is 2.30. The molecule has 0 radical (unpaired) electrons. The van der Waals surface area contributed by atoms with Crippen LogP contribution in [0.4, 0.5) is 0 Å². The Labute approximate surface area is 171 Å². The second kappa shape index (κ2) is 10.8. The van der Waals surface area contributed by atoms with Gasteiger partial charge in [0.05, 0.1) is 0 Å². The summed E-state index contributed by atoms with van der Waals surface area (Å²) in [6.07, 6.45) is 5.11. The highest BCUT2D eigenvalue weighted by atomic mass is 15.3. The van der Waals surface area contributed by atoms with E-state index in [1.165, 1.54) is 37.9 Å².